The number of benzene rings is 2. The third kappa shape index (κ3) is 4.01. The molecule has 0 saturated heterocycles. The molecule has 0 bridgehead atoms. The first-order valence-electron chi connectivity index (χ1n) is 9.81. The molecule has 0 fully saturated rings. The van der Waals surface area contributed by atoms with Crippen LogP contribution in [-0.2, 0) is 9.53 Å². The van der Waals surface area contributed by atoms with Crippen molar-refractivity contribution in [3.63, 3.8) is 0 Å². The van der Waals surface area contributed by atoms with Gasteiger partial charge in [-0.05, 0) is 24.1 Å². The van der Waals surface area contributed by atoms with E-state index in [0.29, 0.717) is 16.8 Å². The summed E-state index contributed by atoms with van der Waals surface area (Å²) < 4.78 is 6.42. The van der Waals surface area contributed by atoms with Crippen molar-refractivity contribution >= 4 is 34.8 Å². The lowest BCUT2D eigenvalue weighted by molar-refractivity contribution is -0.385. The van der Waals surface area contributed by atoms with Gasteiger partial charge in [0.05, 0.1) is 38.8 Å². The van der Waals surface area contributed by atoms with Crippen molar-refractivity contribution in [2.24, 2.45) is 4.99 Å². The number of non-ortho nitro benzene ring substituents is 2. The number of fused-ring (bicyclic) bond motifs is 1. The van der Waals surface area contributed by atoms with E-state index in [1.54, 1.807) is 19.1 Å². The summed E-state index contributed by atoms with van der Waals surface area (Å²) in [7, 11) is 1.19. The number of ether oxygens (including phenoxy) is 1. The average Bonchev–Trinajstić information content (AvgIpc) is 3.12. The second-order valence-corrected chi connectivity index (χ2v) is 8.29. The molecular formula is C22H16N4O7S. The SMILES string of the molecule is COC(=O)C1=C(C)N=c2sc(=Cc3cccc([N+](=O)[O-])c3)c(=O)n2C1c1cccc([N+](=O)[O-])c1. The van der Waals surface area contributed by atoms with E-state index in [1.807, 2.05) is 0 Å². The summed E-state index contributed by atoms with van der Waals surface area (Å²) in [5.74, 6) is -0.717. The maximum atomic E-state index is 13.4. The molecule has 11 nitrogen and oxygen atoms in total. The minimum absolute atomic E-state index is 0.0808. The molecule has 1 aliphatic heterocycles. The lowest BCUT2D eigenvalue weighted by atomic mass is 9.95. The Morgan fingerprint density at radius 2 is 1.76 bits per heavy atom. The molecule has 0 N–H and O–H groups in total. The molecule has 172 valence electrons. The Hall–Kier alpha value is -4.45. The molecule has 0 saturated carbocycles. The van der Waals surface area contributed by atoms with Crippen molar-refractivity contribution in [3.8, 4) is 0 Å². The lowest BCUT2D eigenvalue weighted by Gasteiger charge is -2.24. The van der Waals surface area contributed by atoms with Gasteiger partial charge >= 0.3 is 5.97 Å². The van der Waals surface area contributed by atoms with E-state index in [-0.39, 0.29) is 26.3 Å². The maximum absolute atomic E-state index is 13.4. The second-order valence-electron chi connectivity index (χ2n) is 7.28. The number of methoxy groups -OCH3 is 1. The number of esters is 1. The maximum Gasteiger partial charge on any atom is 0.338 e. The summed E-state index contributed by atoms with van der Waals surface area (Å²) in [6.45, 7) is 1.59. The first-order valence-corrected chi connectivity index (χ1v) is 10.6. The number of hydrogen-bond acceptors (Lipinski definition) is 9. The van der Waals surface area contributed by atoms with Gasteiger partial charge in [0, 0.05) is 24.3 Å². The molecule has 4 rings (SSSR count). The van der Waals surface area contributed by atoms with Gasteiger partial charge in [0.2, 0.25) is 0 Å². The van der Waals surface area contributed by atoms with Crippen molar-refractivity contribution in [1.29, 1.82) is 0 Å². The Labute approximate surface area is 194 Å². The van der Waals surface area contributed by atoms with Crippen LogP contribution in [-0.4, -0.2) is 27.5 Å². The van der Waals surface area contributed by atoms with Crippen molar-refractivity contribution in [2.75, 3.05) is 7.11 Å². The van der Waals surface area contributed by atoms with Gasteiger partial charge in [-0.15, -0.1) is 0 Å². The third-order valence-corrected chi connectivity index (χ3v) is 6.19. The zero-order chi connectivity index (χ0) is 24.6. The molecule has 1 unspecified atom stereocenters. The summed E-state index contributed by atoms with van der Waals surface area (Å²) >= 11 is 1.04. The van der Waals surface area contributed by atoms with Gasteiger partial charge in [-0.3, -0.25) is 29.6 Å². The minimum Gasteiger partial charge on any atom is -0.466 e. The first kappa shape index (κ1) is 22.7. The van der Waals surface area contributed by atoms with Gasteiger partial charge in [0.15, 0.2) is 4.80 Å². The average molecular weight is 480 g/mol. The van der Waals surface area contributed by atoms with Crippen LogP contribution < -0.4 is 14.9 Å². The van der Waals surface area contributed by atoms with E-state index in [9.17, 15) is 29.8 Å². The summed E-state index contributed by atoms with van der Waals surface area (Å²) in [5.41, 5.74) is 0.349. The third-order valence-electron chi connectivity index (χ3n) is 5.20. The Balaban J connectivity index is 1.97. The van der Waals surface area contributed by atoms with Crippen molar-refractivity contribution in [1.82, 2.24) is 4.57 Å². The van der Waals surface area contributed by atoms with Crippen LogP contribution in [0.15, 0.2) is 69.6 Å². The highest BCUT2D eigenvalue weighted by Crippen LogP contribution is 2.32. The molecule has 1 atom stereocenters. The van der Waals surface area contributed by atoms with Crippen LogP contribution in [0.5, 0.6) is 0 Å². The number of carbonyl (C=O) groups is 1. The molecule has 0 aliphatic carbocycles. The van der Waals surface area contributed by atoms with Crippen LogP contribution in [0.1, 0.15) is 24.1 Å². The van der Waals surface area contributed by atoms with E-state index in [1.165, 1.54) is 54.2 Å². The molecule has 3 aromatic rings. The van der Waals surface area contributed by atoms with E-state index < -0.39 is 27.4 Å². The minimum atomic E-state index is -1.00. The van der Waals surface area contributed by atoms with Crippen LogP contribution in [0, 0.1) is 20.2 Å². The van der Waals surface area contributed by atoms with Gasteiger partial charge < -0.3 is 4.74 Å². The van der Waals surface area contributed by atoms with Gasteiger partial charge in [-0.25, -0.2) is 9.79 Å². The van der Waals surface area contributed by atoms with E-state index >= 15 is 0 Å². The predicted octanol–water partition coefficient (Wildman–Crippen LogP) is 2.22. The van der Waals surface area contributed by atoms with Gasteiger partial charge in [0.1, 0.15) is 0 Å². The monoisotopic (exact) mass is 480 g/mol. The number of nitro groups is 2. The molecule has 1 aliphatic rings. The van der Waals surface area contributed by atoms with Crippen LogP contribution in [0.25, 0.3) is 6.08 Å². The molecule has 1 aromatic heterocycles. The molecule has 2 heterocycles. The van der Waals surface area contributed by atoms with E-state index in [4.69, 9.17) is 4.74 Å². The van der Waals surface area contributed by atoms with Crippen molar-refractivity contribution in [3.05, 3.63) is 111 Å². The number of nitro benzene ring substituents is 2. The predicted molar refractivity (Wildman–Crippen MR) is 122 cm³/mol. The second kappa shape index (κ2) is 8.83. The standard InChI is InChI=1S/C22H16N4O7S/c1-12-18(21(28)33-2)19(14-6-4-8-16(11-14)26(31)32)24-20(27)17(34-22(24)23-12)10-13-5-3-7-15(9-13)25(29)30/h3-11,19H,1-2H3. The van der Waals surface area contributed by atoms with Gasteiger partial charge in [-0.2, -0.15) is 0 Å². The Kier molecular flexibility index (Phi) is 5.90. The van der Waals surface area contributed by atoms with Crippen LogP contribution in [0.2, 0.25) is 0 Å². The zero-order valence-electron chi connectivity index (χ0n) is 17.8. The van der Waals surface area contributed by atoms with Crippen molar-refractivity contribution < 1.29 is 19.4 Å². The quantitative estimate of drug-likeness (QED) is 0.309. The van der Waals surface area contributed by atoms with E-state index in [0.717, 1.165) is 11.3 Å². The number of allylic oxidation sites excluding steroid dienone is 1. The Morgan fingerprint density at radius 3 is 2.41 bits per heavy atom. The fraction of sp³-hybridized carbons (Fsp3) is 0.136. The molecular weight excluding hydrogens is 464 g/mol. The fourth-order valence-corrected chi connectivity index (χ4v) is 4.74. The number of aromatic nitrogens is 1. The molecule has 0 radical (unpaired) electrons. The fourth-order valence-electron chi connectivity index (χ4n) is 3.70. The number of carbonyl (C=O) groups excluding carboxylic acids is 1. The highest BCUT2D eigenvalue weighted by Gasteiger charge is 2.33. The van der Waals surface area contributed by atoms with Crippen LogP contribution >= 0.6 is 11.3 Å². The highest BCUT2D eigenvalue weighted by atomic mass is 32.1. The zero-order valence-corrected chi connectivity index (χ0v) is 18.6. The summed E-state index contributed by atoms with van der Waals surface area (Å²) in [6, 6.07) is 10.5. The highest BCUT2D eigenvalue weighted by molar-refractivity contribution is 7.07. The number of thiazole rings is 1. The Bertz CT molecular complexity index is 1570. The first-order chi connectivity index (χ1) is 16.2. The van der Waals surface area contributed by atoms with Crippen molar-refractivity contribution in [2.45, 2.75) is 13.0 Å². The van der Waals surface area contributed by atoms with E-state index in [2.05, 4.69) is 4.99 Å². The molecule has 34 heavy (non-hydrogen) atoms. The lowest BCUT2D eigenvalue weighted by Crippen LogP contribution is -2.39. The molecule has 12 heteroatoms. The number of hydrogen-bond donors (Lipinski definition) is 0. The van der Waals surface area contributed by atoms with Gasteiger partial charge in [0.25, 0.3) is 16.9 Å². The van der Waals surface area contributed by atoms with Gasteiger partial charge in [-0.1, -0.05) is 35.6 Å². The number of nitrogens with zero attached hydrogens (tertiary/aromatic N) is 4. The summed E-state index contributed by atoms with van der Waals surface area (Å²) in [6.07, 6.45) is 1.50. The molecule has 0 amide bonds. The summed E-state index contributed by atoms with van der Waals surface area (Å²) in [4.78, 5) is 52.1. The smallest absolute Gasteiger partial charge is 0.338 e. The molecule has 2 aromatic carbocycles. The largest absolute Gasteiger partial charge is 0.466 e. The summed E-state index contributed by atoms with van der Waals surface area (Å²) in [5, 5.41) is 22.4. The Morgan fingerprint density at radius 1 is 1.12 bits per heavy atom. The topological polar surface area (TPSA) is 147 Å². The number of rotatable bonds is 5. The normalized spacial score (nSPS) is 15.5. The van der Waals surface area contributed by atoms with Crippen LogP contribution in [0.3, 0.4) is 0 Å². The molecule has 0 spiro atoms. The van der Waals surface area contributed by atoms with Crippen LogP contribution in [0.4, 0.5) is 11.4 Å².